The number of nitrogens with one attached hydrogen (secondary N) is 2. The first-order valence-corrected chi connectivity index (χ1v) is 7.77. The third kappa shape index (κ3) is 4.27. The maximum Gasteiger partial charge on any atom is 0.249 e. The zero-order valence-corrected chi connectivity index (χ0v) is 14.4. The van der Waals surface area contributed by atoms with Crippen LogP contribution >= 0.6 is 11.6 Å². The Kier molecular flexibility index (Phi) is 5.15. The van der Waals surface area contributed by atoms with E-state index in [-0.39, 0.29) is 0 Å². The number of rotatable bonds is 6. The Hall–Kier alpha value is -3.06. The van der Waals surface area contributed by atoms with Crippen molar-refractivity contribution in [1.82, 2.24) is 15.2 Å². The summed E-state index contributed by atoms with van der Waals surface area (Å²) in [6.45, 7) is 0. The van der Waals surface area contributed by atoms with E-state index in [1.807, 2.05) is 24.3 Å². The topological polar surface area (TPSA) is 81.2 Å². The average molecular weight is 358 g/mol. The highest BCUT2D eigenvalue weighted by molar-refractivity contribution is 6.30. The number of ether oxygens (including phenoxy) is 2. The van der Waals surface area contributed by atoms with Crippen LogP contribution in [0.15, 0.2) is 48.7 Å². The second kappa shape index (κ2) is 7.67. The van der Waals surface area contributed by atoms with Gasteiger partial charge in [-0.3, -0.25) is 0 Å². The van der Waals surface area contributed by atoms with Crippen molar-refractivity contribution in [1.29, 1.82) is 0 Å². The summed E-state index contributed by atoms with van der Waals surface area (Å²) in [5.41, 5.74) is 1.47. The second-order valence-corrected chi connectivity index (χ2v) is 5.43. The molecule has 0 saturated carbocycles. The molecule has 8 heteroatoms. The number of anilines is 4. The van der Waals surface area contributed by atoms with E-state index in [2.05, 4.69) is 25.8 Å². The molecule has 1 heterocycles. The zero-order valence-electron chi connectivity index (χ0n) is 13.7. The van der Waals surface area contributed by atoms with Crippen molar-refractivity contribution in [3.05, 3.63) is 53.7 Å². The third-order valence-corrected chi connectivity index (χ3v) is 3.54. The van der Waals surface area contributed by atoms with Crippen LogP contribution in [0, 0.1) is 0 Å². The molecule has 2 aromatic carbocycles. The van der Waals surface area contributed by atoms with E-state index in [1.165, 1.54) is 6.20 Å². The van der Waals surface area contributed by atoms with Gasteiger partial charge in [0.15, 0.2) is 5.82 Å². The van der Waals surface area contributed by atoms with Gasteiger partial charge in [-0.2, -0.15) is 10.1 Å². The maximum atomic E-state index is 5.98. The van der Waals surface area contributed by atoms with E-state index < -0.39 is 0 Å². The summed E-state index contributed by atoms with van der Waals surface area (Å²) < 4.78 is 10.6. The first kappa shape index (κ1) is 16.8. The number of hydrogen-bond donors (Lipinski definition) is 2. The molecule has 2 N–H and O–H groups in total. The van der Waals surface area contributed by atoms with Gasteiger partial charge < -0.3 is 20.1 Å². The van der Waals surface area contributed by atoms with Crippen LogP contribution in [-0.2, 0) is 0 Å². The predicted octanol–water partition coefficient (Wildman–Crippen LogP) is 4.03. The van der Waals surface area contributed by atoms with E-state index in [1.54, 1.807) is 32.4 Å². The number of aromatic nitrogens is 3. The molecule has 0 aliphatic heterocycles. The summed E-state index contributed by atoms with van der Waals surface area (Å²) >= 11 is 5.98. The Morgan fingerprint density at radius 2 is 1.88 bits per heavy atom. The van der Waals surface area contributed by atoms with Gasteiger partial charge in [-0.25, -0.2) is 0 Å². The molecular formula is C17H16ClN5O2. The third-order valence-electron chi connectivity index (χ3n) is 3.31. The van der Waals surface area contributed by atoms with Crippen LogP contribution in [0.5, 0.6) is 11.5 Å². The highest BCUT2D eigenvalue weighted by Gasteiger charge is 2.08. The molecule has 1 aromatic heterocycles. The number of halogens is 1. The van der Waals surface area contributed by atoms with Gasteiger partial charge in [0, 0.05) is 16.8 Å². The Bertz CT molecular complexity index is 875. The van der Waals surface area contributed by atoms with Gasteiger partial charge >= 0.3 is 0 Å². The van der Waals surface area contributed by atoms with Gasteiger partial charge in [0.2, 0.25) is 5.95 Å². The Morgan fingerprint density at radius 1 is 1.00 bits per heavy atom. The van der Waals surface area contributed by atoms with Crippen molar-refractivity contribution in [2.24, 2.45) is 0 Å². The fraction of sp³-hybridized carbons (Fsp3) is 0.118. The number of hydrogen-bond acceptors (Lipinski definition) is 7. The summed E-state index contributed by atoms with van der Waals surface area (Å²) in [6.07, 6.45) is 1.52. The van der Waals surface area contributed by atoms with Crippen molar-refractivity contribution < 1.29 is 9.47 Å². The molecule has 7 nitrogen and oxygen atoms in total. The molecule has 0 amide bonds. The van der Waals surface area contributed by atoms with Crippen LogP contribution in [0.3, 0.4) is 0 Å². The molecule has 0 bridgehead atoms. The van der Waals surface area contributed by atoms with E-state index >= 15 is 0 Å². The van der Waals surface area contributed by atoms with E-state index in [0.717, 1.165) is 5.69 Å². The molecular weight excluding hydrogens is 342 g/mol. The number of benzene rings is 2. The van der Waals surface area contributed by atoms with E-state index in [0.29, 0.717) is 34.0 Å². The minimum absolute atomic E-state index is 0.342. The molecule has 0 aliphatic rings. The van der Waals surface area contributed by atoms with Crippen LogP contribution in [0.1, 0.15) is 0 Å². The molecule has 0 aliphatic carbocycles. The van der Waals surface area contributed by atoms with Gasteiger partial charge in [-0.15, -0.1) is 5.10 Å². The molecule has 0 unspecified atom stereocenters. The molecule has 25 heavy (non-hydrogen) atoms. The summed E-state index contributed by atoms with van der Waals surface area (Å²) in [5, 5.41) is 14.8. The lowest BCUT2D eigenvalue weighted by atomic mass is 10.2. The van der Waals surface area contributed by atoms with Crippen LogP contribution < -0.4 is 20.1 Å². The Labute approximate surface area is 150 Å². The quantitative estimate of drug-likeness (QED) is 0.689. The van der Waals surface area contributed by atoms with Crippen molar-refractivity contribution >= 4 is 34.7 Å². The fourth-order valence-corrected chi connectivity index (χ4v) is 2.35. The summed E-state index contributed by atoms with van der Waals surface area (Å²) in [5.74, 6) is 2.20. The van der Waals surface area contributed by atoms with E-state index in [9.17, 15) is 0 Å². The lowest BCUT2D eigenvalue weighted by Crippen LogP contribution is -2.03. The highest BCUT2D eigenvalue weighted by Crippen LogP contribution is 2.31. The van der Waals surface area contributed by atoms with Gasteiger partial charge in [-0.05, 0) is 30.3 Å². The molecule has 3 rings (SSSR count). The van der Waals surface area contributed by atoms with Crippen molar-refractivity contribution in [2.75, 3.05) is 24.9 Å². The van der Waals surface area contributed by atoms with Gasteiger partial charge in [0.25, 0.3) is 0 Å². The fourth-order valence-electron chi connectivity index (χ4n) is 2.16. The van der Waals surface area contributed by atoms with E-state index in [4.69, 9.17) is 21.1 Å². The van der Waals surface area contributed by atoms with Crippen LogP contribution in [-0.4, -0.2) is 29.4 Å². The average Bonchev–Trinajstić information content (AvgIpc) is 2.62. The monoisotopic (exact) mass is 357 g/mol. The first-order chi connectivity index (χ1) is 12.2. The highest BCUT2D eigenvalue weighted by atomic mass is 35.5. The predicted molar refractivity (Wildman–Crippen MR) is 97.4 cm³/mol. The molecule has 0 fully saturated rings. The van der Waals surface area contributed by atoms with Crippen molar-refractivity contribution in [3.8, 4) is 11.5 Å². The number of methoxy groups -OCH3 is 2. The minimum Gasteiger partial charge on any atom is -0.497 e. The maximum absolute atomic E-state index is 5.98. The molecule has 0 radical (unpaired) electrons. The second-order valence-electron chi connectivity index (χ2n) is 4.99. The molecule has 0 saturated heterocycles. The smallest absolute Gasteiger partial charge is 0.249 e. The summed E-state index contributed by atoms with van der Waals surface area (Å²) in [7, 11) is 3.20. The minimum atomic E-state index is 0.342. The molecule has 3 aromatic rings. The lowest BCUT2D eigenvalue weighted by molar-refractivity contribution is 0.405. The molecule has 0 spiro atoms. The largest absolute Gasteiger partial charge is 0.497 e. The van der Waals surface area contributed by atoms with Crippen LogP contribution in [0.4, 0.5) is 23.1 Å². The summed E-state index contributed by atoms with van der Waals surface area (Å²) in [4.78, 5) is 4.39. The first-order valence-electron chi connectivity index (χ1n) is 7.39. The van der Waals surface area contributed by atoms with Crippen LogP contribution in [0.25, 0.3) is 0 Å². The van der Waals surface area contributed by atoms with Gasteiger partial charge in [0.1, 0.15) is 11.5 Å². The molecule has 0 atom stereocenters. The molecule has 128 valence electrons. The summed E-state index contributed by atoms with van der Waals surface area (Å²) in [6, 6.07) is 12.7. The zero-order chi connectivity index (χ0) is 17.6. The number of nitrogens with zero attached hydrogens (tertiary/aromatic N) is 3. The Balaban J connectivity index is 1.82. The Morgan fingerprint density at radius 3 is 2.64 bits per heavy atom. The van der Waals surface area contributed by atoms with Crippen molar-refractivity contribution in [2.45, 2.75) is 0 Å². The SMILES string of the molecule is COc1ccc(OC)c(Nc2cnnc(Nc3cccc(Cl)c3)n2)c1. The van der Waals surface area contributed by atoms with Crippen molar-refractivity contribution in [3.63, 3.8) is 0 Å². The van der Waals surface area contributed by atoms with Crippen LogP contribution in [0.2, 0.25) is 5.02 Å². The van der Waals surface area contributed by atoms with Gasteiger partial charge in [-0.1, -0.05) is 17.7 Å². The van der Waals surface area contributed by atoms with Gasteiger partial charge in [0.05, 0.1) is 26.1 Å². The normalized spacial score (nSPS) is 10.2. The lowest BCUT2D eigenvalue weighted by Gasteiger charge is -2.12. The standard InChI is InChI=1S/C17H16ClN5O2/c1-24-13-6-7-15(25-2)14(9-13)21-16-10-19-23-17(22-16)20-12-5-3-4-11(18)8-12/h3-10H,1-2H3,(H2,20,21,22,23).